The van der Waals surface area contributed by atoms with Crippen LogP contribution in [-0.4, -0.2) is 24.8 Å². The van der Waals surface area contributed by atoms with Crippen LogP contribution in [0.5, 0.6) is 5.75 Å². The Kier molecular flexibility index (Phi) is 4.01. The van der Waals surface area contributed by atoms with E-state index in [2.05, 4.69) is 9.47 Å². The smallest absolute Gasteiger partial charge is 0.387 e. The molecule has 1 unspecified atom stereocenters. The van der Waals surface area contributed by atoms with Gasteiger partial charge in [0.2, 0.25) is 0 Å². The number of alkyl halides is 2. The maximum absolute atomic E-state index is 12.2. The molecule has 6 heteroatoms. The number of hydrogen-bond donors (Lipinski definition) is 1. The lowest BCUT2D eigenvalue weighted by Crippen LogP contribution is -2.34. The van der Waals surface area contributed by atoms with Gasteiger partial charge < -0.3 is 14.6 Å². The Labute approximate surface area is 96.8 Å². The molecule has 1 aromatic rings. The van der Waals surface area contributed by atoms with E-state index >= 15 is 0 Å². The number of esters is 1. The van der Waals surface area contributed by atoms with Crippen LogP contribution in [0.1, 0.15) is 12.5 Å². The highest BCUT2D eigenvalue weighted by Gasteiger charge is 2.36. The van der Waals surface area contributed by atoms with Crippen LogP contribution >= 0.6 is 0 Å². The first kappa shape index (κ1) is 13.4. The van der Waals surface area contributed by atoms with Crippen LogP contribution in [0.25, 0.3) is 0 Å². The van der Waals surface area contributed by atoms with Gasteiger partial charge >= 0.3 is 12.6 Å². The van der Waals surface area contributed by atoms with Crippen molar-refractivity contribution in [3.63, 3.8) is 0 Å². The molecule has 1 N–H and O–H groups in total. The third kappa shape index (κ3) is 2.91. The standard InChI is InChI=1S/C11H12F2O4/c1-11(15,9(14)16-2)7-5-3-4-6-8(7)17-10(12)13/h3-6,10,15H,1-2H3. The number of ether oxygens (including phenoxy) is 2. The SMILES string of the molecule is COC(=O)C(C)(O)c1ccccc1OC(F)F. The molecule has 1 atom stereocenters. The zero-order valence-electron chi connectivity index (χ0n) is 9.31. The summed E-state index contributed by atoms with van der Waals surface area (Å²) < 4.78 is 32.9. The lowest BCUT2D eigenvalue weighted by atomic mass is 9.95. The van der Waals surface area contributed by atoms with Crippen molar-refractivity contribution in [3.8, 4) is 5.75 Å². The lowest BCUT2D eigenvalue weighted by molar-refractivity contribution is -0.162. The average molecular weight is 246 g/mol. The van der Waals surface area contributed by atoms with E-state index < -0.39 is 18.2 Å². The number of hydrogen-bond acceptors (Lipinski definition) is 4. The molecule has 0 bridgehead atoms. The van der Waals surface area contributed by atoms with Crippen LogP contribution in [0, 0.1) is 0 Å². The van der Waals surface area contributed by atoms with E-state index in [0.29, 0.717) is 0 Å². The molecule has 94 valence electrons. The Morgan fingerprint density at radius 3 is 2.53 bits per heavy atom. The minimum Gasteiger partial charge on any atom is -0.467 e. The van der Waals surface area contributed by atoms with Gasteiger partial charge in [-0.15, -0.1) is 0 Å². The van der Waals surface area contributed by atoms with Gasteiger partial charge in [-0.3, -0.25) is 0 Å². The molecular weight excluding hydrogens is 234 g/mol. The summed E-state index contributed by atoms with van der Waals surface area (Å²) in [6.45, 7) is -1.89. The van der Waals surface area contributed by atoms with Crippen molar-refractivity contribution in [2.24, 2.45) is 0 Å². The maximum atomic E-state index is 12.2. The van der Waals surface area contributed by atoms with Crippen LogP contribution in [0.3, 0.4) is 0 Å². The maximum Gasteiger partial charge on any atom is 0.387 e. The largest absolute Gasteiger partial charge is 0.467 e. The fourth-order valence-electron chi connectivity index (χ4n) is 1.38. The second-order valence-electron chi connectivity index (χ2n) is 3.44. The molecule has 0 aliphatic carbocycles. The Balaban J connectivity index is 3.16. The number of halogens is 2. The zero-order chi connectivity index (χ0) is 13.1. The van der Waals surface area contributed by atoms with Crippen LogP contribution in [-0.2, 0) is 15.1 Å². The van der Waals surface area contributed by atoms with Gasteiger partial charge in [0.15, 0.2) is 5.60 Å². The first-order valence-corrected chi connectivity index (χ1v) is 4.74. The molecule has 1 aromatic carbocycles. The second kappa shape index (κ2) is 5.09. The number of aliphatic hydroxyl groups is 1. The van der Waals surface area contributed by atoms with Crippen molar-refractivity contribution >= 4 is 5.97 Å². The van der Waals surface area contributed by atoms with E-state index in [-0.39, 0.29) is 11.3 Å². The predicted octanol–water partition coefficient (Wildman–Crippen LogP) is 1.67. The molecule has 0 aliphatic heterocycles. The van der Waals surface area contributed by atoms with Crippen molar-refractivity contribution in [2.75, 3.05) is 7.11 Å². The predicted molar refractivity (Wildman–Crippen MR) is 54.7 cm³/mol. The summed E-state index contributed by atoms with van der Waals surface area (Å²) in [5, 5.41) is 9.95. The average Bonchev–Trinajstić information content (AvgIpc) is 2.27. The number of carbonyl (C=O) groups excluding carboxylic acids is 1. The molecule has 0 saturated heterocycles. The Morgan fingerprint density at radius 1 is 1.41 bits per heavy atom. The highest BCUT2D eigenvalue weighted by molar-refractivity contribution is 5.81. The van der Waals surface area contributed by atoms with E-state index in [1.807, 2.05) is 0 Å². The summed E-state index contributed by atoms with van der Waals surface area (Å²) in [6.07, 6.45) is 0. The third-order valence-corrected chi connectivity index (χ3v) is 2.21. The fraction of sp³-hybridized carbons (Fsp3) is 0.364. The Bertz CT molecular complexity index is 404. The van der Waals surface area contributed by atoms with Crippen LogP contribution < -0.4 is 4.74 Å². The highest BCUT2D eigenvalue weighted by Crippen LogP contribution is 2.31. The number of methoxy groups -OCH3 is 1. The molecule has 0 heterocycles. The first-order valence-electron chi connectivity index (χ1n) is 4.74. The van der Waals surface area contributed by atoms with Crippen molar-refractivity contribution < 1.29 is 28.2 Å². The summed E-state index contributed by atoms with van der Waals surface area (Å²) in [6, 6.07) is 5.49. The first-order chi connectivity index (χ1) is 7.89. The molecule has 0 radical (unpaired) electrons. The van der Waals surface area contributed by atoms with Gasteiger partial charge in [-0.25, -0.2) is 4.79 Å². The van der Waals surface area contributed by atoms with Gasteiger partial charge in [-0.05, 0) is 13.0 Å². The normalized spacial score (nSPS) is 14.2. The summed E-state index contributed by atoms with van der Waals surface area (Å²) in [4.78, 5) is 11.4. The number of carbonyl (C=O) groups is 1. The van der Waals surface area contributed by atoms with Crippen molar-refractivity contribution in [1.82, 2.24) is 0 Å². The van der Waals surface area contributed by atoms with Gasteiger partial charge in [-0.1, -0.05) is 18.2 Å². The van der Waals surface area contributed by atoms with Crippen molar-refractivity contribution in [1.29, 1.82) is 0 Å². The molecule has 17 heavy (non-hydrogen) atoms. The van der Waals surface area contributed by atoms with E-state index in [1.165, 1.54) is 24.3 Å². The van der Waals surface area contributed by atoms with Gasteiger partial charge in [0, 0.05) is 5.56 Å². The number of benzene rings is 1. The Morgan fingerprint density at radius 2 is 2.00 bits per heavy atom. The van der Waals surface area contributed by atoms with E-state index in [1.54, 1.807) is 0 Å². The summed E-state index contributed by atoms with van der Waals surface area (Å²) >= 11 is 0. The third-order valence-electron chi connectivity index (χ3n) is 2.21. The fourth-order valence-corrected chi connectivity index (χ4v) is 1.38. The molecule has 0 spiro atoms. The topological polar surface area (TPSA) is 55.8 Å². The molecule has 0 fully saturated rings. The minimum absolute atomic E-state index is 0.0767. The van der Waals surface area contributed by atoms with E-state index in [4.69, 9.17) is 0 Å². The number of rotatable bonds is 4. The van der Waals surface area contributed by atoms with Gasteiger partial charge in [0.25, 0.3) is 0 Å². The molecular formula is C11H12F2O4. The molecule has 0 aliphatic rings. The summed E-state index contributed by atoms with van der Waals surface area (Å²) in [5.41, 5.74) is -2.12. The van der Waals surface area contributed by atoms with Gasteiger partial charge in [0.05, 0.1) is 7.11 Å². The summed E-state index contributed by atoms with van der Waals surface area (Å²) in [7, 11) is 1.09. The number of para-hydroxylation sites is 1. The highest BCUT2D eigenvalue weighted by atomic mass is 19.3. The molecule has 1 rings (SSSR count). The monoisotopic (exact) mass is 246 g/mol. The molecule has 0 saturated carbocycles. The van der Waals surface area contributed by atoms with Crippen LogP contribution in [0.4, 0.5) is 8.78 Å². The van der Waals surface area contributed by atoms with E-state index in [9.17, 15) is 18.7 Å². The van der Waals surface area contributed by atoms with Crippen molar-refractivity contribution in [3.05, 3.63) is 29.8 Å². The summed E-state index contributed by atoms with van der Waals surface area (Å²) in [5.74, 6) is -1.22. The lowest BCUT2D eigenvalue weighted by Gasteiger charge is -2.23. The molecule has 4 nitrogen and oxygen atoms in total. The molecule has 0 aromatic heterocycles. The molecule has 0 amide bonds. The van der Waals surface area contributed by atoms with Crippen LogP contribution in [0.2, 0.25) is 0 Å². The van der Waals surface area contributed by atoms with E-state index in [0.717, 1.165) is 14.0 Å². The van der Waals surface area contributed by atoms with Crippen molar-refractivity contribution in [2.45, 2.75) is 19.1 Å². The quantitative estimate of drug-likeness (QED) is 0.821. The van der Waals surface area contributed by atoms with Crippen LogP contribution in [0.15, 0.2) is 24.3 Å². The second-order valence-corrected chi connectivity index (χ2v) is 3.44. The zero-order valence-corrected chi connectivity index (χ0v) is 9.31. The minimum atomic E-state index is -3.04. The van der Waals surface area contributed by atoms with Gasteiger partial charge in [0.1, 0.15) is 5.75 Å². The Hall–Kier alpha value is -1.69. The van der Waals surface area contributed by atoms with Gasteiger partial charge in [-0.2, -0.15) is 8.78 Å².